The lowest BCUT2D eigenvalue weighted by Gasteiger charge is -2.26. The molecule has 1 aromatic carbocycles. The van der Waals surface area contributed by atoms with Crippen LogP contribution in [0, 0.1) is 0 Å². The Labute approximate surface area is 127 Å². The molecule has 1 aromatic rings. The maximum atomic E-state index is 11.1. The standard InChI is InChI=1S/C17H27NO3/c1-4-5-8-11-18(14(2)3)12-13-21-16-10-7-6-9-15(16)17(19)20/h6-7,9-10,14H,4-5,8,11-13H2,1-3H3,(H,19,20). The third kappa shape index (κ3) is 6.17. The first-order valence-corrected chi connectivity index (χ1v) is 7.75. The van der Waals surface area contributed by atoms with Gasteiger partial charge < -0.3 is 9.84 Å². The molecule has 1 N–H and O–H groups in total. The predicted octanol–water partition coefficient (Wildman–Crippen LogP) is 3.66. The Morgan fingerprint density at radius 3 is 2.57 bits per heavy atom. The van der Waals surface area contributed by atoms with Gasteiger partial charge in [-0.05, 0) is 38.9 Å². The third-order valence-electron chi connectivity index (χ3n) is 3.53. The molecule has 0 heterocycles. The van der Waals surface area contributed by atoms with Crippen molar-refractivity contribution < 1.29 is 14.6 Å². The van der Waals surface area contributed by atoms with Crippen LogP contribution < -0.4 is 4.74 Å². The van der Waals surface area contributed by atoms with Gasteiger partial charge in [-0.3, -0.25) is 4.90 Å². The van der Waals surface area contributed by atoms with Crippen LogP contribution in [0.5, 0.6) is 5.75 Å². The molecule has 0 aliphatic rings. The molecular formula is C17H27NO3. The number of rotatable bonds is 10. The van der Waals surface area contributed by atoms with Crippen LogP contribution in [0.25, 0.3) is 0 Å². The number of hydrogen-bond acceptors (Lipinski definition) is 3. The lowest BCUT2D eigenvalue weighted by molar-refractivity contribution is 0.0691. The molecule has 4 nitrogen and oxygen atoms in total. The molecule has 0 saturated carbocycles. The van der Waals surface area contributed by atoms with Gasteiger partial charge >= 0.3 is 5.97 Å². The van der Waals surface area contributed by atoms with Crippen LogP contribution >= 0.6 is 0 Å². The average molecular weight is 293 g/mol. The molecule has 0 unspecified atom stereocenters. The Bertz CT molecular complexity index is 432. The number of hydrogen-bond donors (Lipinski definition) is 1. The maximum absolute atomic E-state index is 11.1. The lowest BCUT2D eigenvalue weighted by Crippen LogP contribution is -2.35. The highest BCUT2D eigenvalue weighted by molar-refractivity contribution is 5.90. The zero-order valence-corrected chi connectivity index (χ0v) is 13.3. The second kappa shape index (κ2) is 9.40. The molecule has 1 rings (SSSR count). The van der Waals surface area contributed by atoms with Gasteiger partial charge in [0, 0.05) is 12.6 Å². The van der Waals surface area contributed by atoms with Gasteiger partial charge in [-0.1, -0.05) is 31.9 Å². The van der Waals surface area contributed by atoms with Crippen molar-refractivity contribution >= 4 is 5.97 Å². The molecule has 0 saturated heterocycles. The van der Waals surface area contributed by atoms with Gasteiger partial charge in [-0.15, -0.1) is 0 Å². The van der Waals surface area contributed by atoms with Crippen molar-refractivity contribution in [2.45, 2.75) is 46.1 Å². The molecule has 0 amide bonds. The zero-order chi connectivity index (χ0) is 15.7. The maximum Gasteiger partial charge on any atom is 0.339 e. The number of ether oxygens (including phenoxy) is 1. The summed E-state index contributed by atoms with van der Waals surface area (Å²) >= 11 is 0. The first kappa shape index (κ1) is 17.5. The van der Waals surface area contributed by atoms with Crippen LogP contribution in [0.4, 0.5) is 0 Å². The van der Waals surface area contributed by atoms with Crippen molar-refractivity contribution in [1.82, 2.24) is 4.90 Å². The van der Waals surface area contributed by atoms with Gasteiger partial charge in [-0.2, -0.15) is 0 Å². The van der Waals surface area contributed by atoms with E-state index >= 15 is 0 Å². The fourth-order valence-electron chi connectivity index (χ4n) is 2.24. The quantitative estimate of drug-likeness (QED) is 0.669. The van der Waals surface area contributed by atoms with Gasteiger partial charge in [-0.25, -0.2) is 4.79 Å². The number of unbranched alkanes of at least 4 members (excludes halogenated alkanes) is 2. The van der Waals surface area contributed by atoms with Crippen LogP contribution in [0.3, 0.4) is 0 Å². The molecular weight excluding hydrogens is 266 g/mol. The van der Waals surface area contributed by atoms with E-state index < -0.39 is 5.97 Å². The van der Waals surface area contributed by atoms with Gasteiger partial charge in [0.25, 0.3) is 0 Å². The number of para-hydroxylation sites is 1. The van der Waals surface area contributed by atoms with E-state index in [0.717, 1.165) is 13.1 Å². The summed E-state index contributed by atoms with van der Waals surface area (Å²) in [6, 6.07) is 7.25. The van der Waals surface area contributed by atoms with Gasteiger partial charge in [0.1, 0.15) is 17.9 Å². The number of aromatic carboxylic acids is 1. The molecule has 4 heteroatoms. The molecule has 0 atom stereocenters. The Balaban J connectivity index is 2.48. The van der Waals surface area contributed by atoms with E-state index in [4.69, 9.17) is 9.84 Å². The zero-order valence-electron chi connectivity index (χ0n) is 13.3. The van der Waals surface area contributed by atoms with Gasteiger partial charge in [0.15, 0.2) is 0 Å². The van der Waals surface area contributed by atoms with E-state index in [1.54, 1.807) is 24.3 Å². The summed E-state index contributed by atoms with van der Waals surface area (Å²) < 4.78 is 5.66. The summed E-state index contributed by atoms with van der Waals surface area (Å²) in [7, 11) is 0. The van der Waals surface area contributed by atoms with Crippen molar-refractivity contribution in [2.75, 3.05) is 19.7 Å². The summed E-state index contributed by atoms with van der Waals surface area (Å²) in [6.45, 7) is 8.94. The average Bonchev–Trinajstić information content (AvgIpc) is 2.45. The highest BCUT2D eigenvalue weighted by Crippen LogP contribution is 2.17. The predicted molar refractivity (Wildman–Crippen MR) is 85.1 cm³/mol. The van der Waals surface area contributed by atoms with E-state index in [2.05, 4.69) is 25.7 Å². The monoisotopic (exact) mass is 293 g/mol. The molecule has 0 radical (unpaired) electrons. The lowest BCUT2D eigenvalue weighted by atomic mass is 10.2. The number of nitrogens with zero attached hydrogens (tertiary/aromatic N) is 1. The third-order valence-corrected chi connectivity index (χ3v) is 3.53. The van der Waals surface area contributed by atoms with E-state index in [-0.39, 0.29) is 5.56 Å². The number of benzene rings is 1. The van der Waals surface area contributed by atoms with E-state index in [0.29, 0.717) is 18.4 Å². The Morgan fingerprint density at radius 2 is 1.95 bits per heavy atom. The number of carbonyl (C=O) groups is 1. The fraction of sp³-hybridized carbons (Fsp3) is 0.588. The van der Waals surface area contributed by atoms with Crippen LogP contribution in [0.15, 0.2) is 24.3 Å². The molecule has 21 heavy (non-hydrogen) atoms. The highest BCUT2D eigenvalue weighted by atomic mass is 16.5. The summed E-state index contributed by atoms with van der Waals surface area (Å²) in [4.78, 5) is 13.5. The van der Waals surface area contributed by atoms with Crippen LogP contribution in [0.2, 0.25) is 0 Å². The Kier molecular flexibility index (Phi) is 7.83. The van der Waals surface area contributed by atoms with Crippen molar-refractivity contribution in [1.29, 1.82) is 0 Å². The molecule has 0 aromatic heterocycles. The number of carboxylic acids is 1. The summed E-state index contributed by atoms with van der Waals surface area (Å²) in [5, 5.41) is 9.12. The van der Waals surface area contributed by atoms with Crippen LogP contribution in [0.1, 0.15) is 50.4 Å². The van der Waals surface area contributed by atoms with Gasteiger partial charge in [0.05, 0.1) is 0 Å². The van der Waals surface area contributed by atoms with Crippen LogP contribution in [-0.2, 0) is 0 Å². The van der Waals surface area contributed by atoms with E-state index in [1.165, 1.54) is 19.3 Å². The molecule has 0 aliphatic carbocycles. The minimum atomic E-state index is -0.950. The second-order valence-electron chi connectivity index (χ2n) is 5.49. The van der Waals surface area contributed by atoms with Crippen molar-refractivity contribution in [3.63, 3.8) is 0 Å². The highest BCUT2D eigenvalue weighted by Gasteiger charge is 2.12. The van der Waals surface area contributed by atoms with Crippen molar-refractivity contribution in [3.8, 4) is 5.75 Å². The summed E-state index contributed by atoms with van der Waals surface area (Å²) in [6.07, 6.45) is 3.65. The molecule has 118 valence electrons. The molecule has 0 bridgehead atoms. The van der Waals surface area contributed by atoms with Crippen molar-refractivity contribution in [3.05, 3.63) is 29.8 Å². The normalized spacial score (nSPS) is 11.1. The molecule has 0 fully saturated rings. The largest absolute Gasteiger partial charge is 0.491 e. The first-order chi connectivity index (χ1) is 10.1. The summed E-state index contributed by atoms with van der Waals surface area (Å²) in [5.41, 5.74) is 0.222. The fourth-order valence-corrected chi connectivity index (χ4v) is 2.24. The van der Waals surface area contributed by atoms with Gasteiger partial charge in [0.2, 0.25) is 0 Å². The molecule has 0 aliphatic heterocycles. The second-order valence-corrected chi connectivity index (χ2v) is 5.49. The summed E-state index contributed by atoms with van der Waals surface area (Å²) in [5.74, 6) is -0.503. The Morgan fingerprint density at radius 1 is 1.24 bits per heavy atom. The first-order valence-electron chi connectivity index (χ1n) is 7.75. The topological polar surface area (TPSA) is 49.8 Å². The SMILES string of the molecule is CCCCCN(CCOc1ccccc1C(=O)O)C(C)C. The minimum absolute atomic E-state index is 0.222. The minimum Gasteiger partial charge on any atom is -0.491 e. The Hall–Kier alpha value is -1.55. The van der Waals surface area contributed by atoms with E-state index in [1.807, 2.05) is 0 Å². The number of carboxylic acid groups (broad SMARTS) is 1. The van der Waals surface area contributed by atoms with Crippen molar-refractivity contribution in [2.24, 2.45) is 0 Å². The van der Waals surface area contributed by atoms with E-state index in [9.17, 15) is 4.79 Å². The van der Waals surface area contributed by atoms with Crippen LogP contribution in [-0.4, -0.2) is 41.7 Å². The smallest absolute Gasteiger partial charge is 0.339 e. The molecule has 0 spiro atoms.